The summed E-state index contributed by atoms with van der Waals surface area (Å²) in [4.78, 5) is 12.2. The lowest BCUT2D eigenvalue weighted by Crippen LogP contribution is -2.02. The van der Waals surface area contributed by atoms with Gasteiger partial charge in [0.1, 0.15) is 17.1 Å². The van der Waals surface area contributed by atoms with Crippen LogP contribution in [-0.2, 0) is 0 Å². The maximum Gasteiger partial charge on any atom is 0.340 e. The highest BCUT2D eigenvalue weighted by Crippen LogP contribution is 2.33. The summed E-state index contributed by atoms with van der Waals surface area (Å²) < 4.78 is 5.85. The monoisotopic (exact) mass is 300 g/mol. The Bertz CT molecular complexity index is 677. The molecule has 4 heteroatoms. The van der Waals surface area contributed by atoms with Gasteiger partial charge in [0.15, 0.2) is 0 Å². The van der Waals surface area contributed by atoms with Crippen LogP contribution in [0.25, 0.3) is 6.08 Å². The number of hydrogen-bond donors (Lipinski definition) is 1. The average molecular weight is 300 g/mol. The molecule has 0 aliphatic rings. The Labute approximate surface area is 128 Å². The Kier molecular flexibility index (Phi) is 5.06. The van der Waals surface area contributed by atoms with Gasteiger partial charge in [-0.05, 0) is 31.4 Å². The number of carbonyl (C=O) groups is 1. The molecule has 0 heterocycles. The minimum absolute atomic E-state index is 0.195. The molecule has 0 aliphatic heterocycles. The molecule has 1 N–H and O–H groups in total. The number of para-hydroxylation sites is 1. The van der Waals surface area contributed by atoms with E-state index in [0.29, 0.717) is 16.4 Å². The van der Waals surface area contributed by atoms with Crippen LogP contribution >= 0.6 is 11.8 Å². The molecule has 0 saturated heterocycles. The summed E-state index contributed by atoms with van der Waals surface area (Å²) in [5.41, 5.74) is 1.10. The number of rotatable bonds is 5. The summed E-state index contributed by atoms with van der Waals surface area (Å²) in [7, 11) is 0. The van der Waals surface area contributed by atoms with Crippen LogP contribution in [0.4, 0.5) is 0 Å². The predicted molar refractivity (Wildman–Crippen MR) is 86.4 cm³/mol. The first-order valence-corrected chi connectivity index (χ1v) is 7.69. The van der Waals surface area contributed by atoms with Gasteiger partial charge in [-0.2, -0.15) is 0 Å². The molecule has 2 rings (SSSR count). The van der Waals surface area contributed by atoms with E-state index >= 15 is 0 Å². The van der Waals surface area contributed by atoms with Crippen molar-refractivity contribution in [2.75, 3.05) is 6.26 Å². The second kappa shape index (κ2) is 6.99. The van der Waals surface area contributed by atoms with Crippen LogP contribution in [0, 0.1) is 0 Å². The number of aromatic carboxylic acids is 1. The van der Waals surface area contributed by atoms with E-state index in [0.717, 1.165) is 5.56 Å². The fourth-order valence-corrected chi connectivity index (χ4v) is 2.59. The zero-order chi connectivity index (χ0) is 15.2. The lowest BCUT2D eigenvalue weighted by atomic mass is 10.1. The van der Waals surface area contributed by atoms with E-state index in [-0.39, 0.29) is 5.56 Å². The second-order valence-corrected chi connectivity index (χ2v) is 5.13. The number of carboxylic acid groups (broad SMARTS) is 1. The third kappa shape index (κ3) is 3.47. The molecular weight excluding hydrogens is 284 g/mol. The Morgan fingerprint density at radius 2 is 1.86 bits per heavy atom. The van der Waals surface area contributed by atoms with Gasteiger partial charge < -0.3 is 9.84 Å². The van der Waals surface area contributed by atoms with E-state index < -0.39 is 5.97 Å². The summed E-state index contributed by atoms with van der Waals surface area (Å²) in [5, 5.41) is 9.42. The number of ether oxygens (including phenoxy) is 1. The van der Waals surface area contributed by atoms with E-state index in [4.69, 9.17) is 4.74 Å². The largest absolute Gasteiger partial charge is 0.478 e. The van der Waals surface area contributed by atoms with Crippen molar-refractivity contribution in [3.63, 3.8) is 0 Å². The molecule has 3 nitrogen and oxygen atoms in total. The fourth-order valence-electron chi connectivity index (χ4n) is 1.99. The normalized spacial score (nSPS) is 10.8. The van der Waals surface area contributed by atoms with E-state index in [1.165, 1.54) is 11.8 Å². The molecule has 0 amide bonds. The number of hydrogen-bond acceptors (Lipinski definition) is 3. The van der Waals surface area contributed by atoms with Crippen molar-refractivity contribution in [2.45, 2.75) is 11.8 Å². The van der Waals surface area contributed by atoms with Gasteiger partial charge in [0.05, 0.1) is 0 Å². The van der Waals surface area contributed by atoms with Crippen molar-refractivity contribution < 1.29 is 14.6 Å². The topological polar surface area (TPSA) is 46.5 Å². The number of thioether (sulfide) groups is 1. The first-order valence-electron chi connectivity index (χ1n) is 6.47. The Morgan fingerprint density at radius 1 is 1.14 bits per heavy atom. The maximum absolute atomic E-state index is 11.5. The molecule has 0 saturated carbocycles. The van der Waals surface area contributed by atoms with Gasteiger partial charge in [-0.25, -0.2) is 4.79 Å². The molecular formula is C17H16O3S. The quantitative estimate of drug-likeness (QED) is 0.795. The molecule has 0 fully saturated rings. The third-order valence-electron chi connectivity index (χ3n) is 2.91. The third-order valence-corrected chi connectivity index (χ3v) is 3.69. The number of benzene rings is 2. The van der Waals surface area contributed by atoms with Gasteiger partial charge in [-0.3, -0.25) is 0 Å². The van der Waals surface area contributed by atoms with Gasteiger partial charge >= 0.3 is 5.97 Å². The molecule has 0 spiro atoms. The molecule has 108 valence electrons. The van der Waals surface area contributed by atoms with Crippen molar-refractivity contribution in [3.05, 3.63) is 59.7 Å². The van der Waals surface area contributed by atoms with Crippen LogP contribution < -0.4 is 4.74 Å². The zero-order valence-corrected chi connectivity index (χ0v) is 12.7. The Balaban J connectivity index is 2.47. The summed E-state index contributed by atoms with van der Waals surface area (Å²) >= 11 is 1.39. The van der Waals surface area contributed by atoms with Gasteiger partial charge in [-0.1, -0.05) is 36.4 Å². The molecule has 0 radical (unpaired) electrons. The summed E-state index contributed by atoms with van der Waals surface area (Å²) in [6.07, 6.45) is 5.69. The SMILES string of the molecule is C/C=C/c1ccccc1Oc1cccc(SC)c1C(=O)O. The minimum Gasteiger partial charge on any atom is -0.478 e. The van der Waals surface area contributed by atoms with Crippen molar-refractivity contribution in [3.8, 4) is 11.5 Å². The predicted octanol–water partition coefficient (Wildman–Crippen LogP) is 4.93. The molecule has 0 aliphatic carbocycles. The molecule has 2 aromatic rings. The first-order chi connectivity index (χ1) is 10.2. The highest BCUT2D eigenvalue weighted by atomic mass is 32.2. The summed E-state index contributed by atoms with van der Waals surface area (Å²) in [6, 6.07) is 12.8. The zero-order valence-electron chi connectivity index (χ0n) is 11.9. The van der Waals surface area contributed by atoms with Gasteiger partial charge in [0.2, 0.25) is 0 Å². The van der Waals surface area contributed by atoms with Crippen LogP contribution in [0.15, 0.2) is 53.4 Å². The van der Waals surface area contributed by atoms with Crippen molar-refractivity contribution in [2.24, 2.45) is 0 Å². The standard InChI is InChI=1S/C17H16O3S/c1-3-7-12-8-4-5-9-13(12)20-14-10-6-11-15(21-2)16(14)17(18)19/h3-11H,1-2H3,(H,18,19)/b7-3+. The van der Waals surface area contributed by atoms with E-state index in [2.05, 4.69) is 0 Å². The van der Waals surface area contributed by atoms with Crippen molar-refractivity contribution in [1.29, 1.82) is 0 Å². The highest BCUT2D eigenvalue weighted by Gasteiger charge is 2.17. The van der Waals surface area contributed by atoms with Gasteiger partial charge in [0.25, 0.3) is 0 Å². The molecule has 0 aromatic heterocycles. The fraction of sp³-hybridized carbons (Fsp3) is 0.118. The lowest BCUT2D eigenvalue weighted by molar-refractivity contribution is 0.0690. The molecule has 0 unspecified atom stereocenters. The Hall–Kier alpha value is -2.20. The van der Waals surface area contributed by atoms with Crippen LogP contribution in [0.5, 0.6) is 11.5 Å². The molecule has 21 heavy (non-hydrogen) atoms. The smallest absolute Gasteiger partial charge is 0.340 e. The molecule has 0 atom stereocenters. The van der Waals surface area contributed by atoms with Crippen LogP contribution in [0.3, 0.4) is 0 Å². The van der Waals surface area contributed by atoms with Crippen LogP contribution in [0.2, 0.25) is 0 Å². The Morgan fingerprint density at radius 3 is 2.52 bits per heavy atom. The molecule has 2 aromatic carbocycles. The first kappa shape index (κ1) is 15.2. The summed E-state index contributed by atoms with van der Waals surface area (Å²) in [5.74, 6) is 0.00104. The van der Waals surface area contributed by atoms with Crippen molar-refractivity contribution in [1.82, 2.24) is 0 Å². The van der Waals surface area contributed by atoms with Crippen LogP contribution in [-0.4, -0.2) is 17.3 Å². The van der Waals surface area contributed by atoms with E-state index in [9.17, 15) is 9.90 Å². The van der Waals surface area contributed by atoms with Crippen LogP contribution in [0.1, 0.15) is 22.8 Å². The van der Waals surface area contributed by atoms with E-state index in [1.807, 2.05) is 49.6 Å². The van der Waals surface area contributed by atoms with Gasteiger partial charge in [0, 0.05) is 10.5 Å². The number of carboxylic acids is 1. The summed E-state index contributed by atoms with van der Waals surface area (Å²) in [6.45, 7) is 1.92. The lowest BCUT2D eigenvalue weighted by Gasteiger charge is -2.13. The second-order valence-electron chi connectivity index (χ2n) is 4.28. The van der Waals surface area contributed by atoms with Crippen molar-refractivity contribution >= 4 is 23.8 Å². The van der Waals surface area contributed by atoms with E-state index in [1.54, 1.807) is 18.2 Å². The number of allylic oxidation sites excluding steroid dienone is 1. The maximum atomic E-state index is 11.5. The molecule has 0 bridgehead atoms. The van der Waals surface area contributed by atoms with Gasteiger partial charge in [-0.15, -0.1) is 11.8 Å². The highest BCUT2D eigenvalue weighted by molar-refractivity contribution is 7.98. The average Bonchev–Trinajstić information content (AvgIpc) is 2.49. The minimum atomic E-state index is -0.988.